The van der Waals surface area contributed by atoms with Crippen LogP contribution in [0.15, 0.2) is 18.5 Å². The molecule has 0 aliphatic carbocycles. The average molecular weight is 211 g/mol. The van der Waals surface area contributed by atoms with Gasteiger partial charge in [-0.15, -0.1) is 0 Å². The molecule has 78 valence electrons. The van der Waals surface area contributed by atoms with E-state index in [0.29, 0.717) is 0 Å². The van der Waals surface area contributed by atoms with Crippen LogP contribution < -0.4 is 5.43 Å². The first-order valence-electron chi connectivity index (χ1n) is 4.18. The number of nitrogens with zero attached hydrogens (tertiary/aromatic N) is 2. The fraction of sp³-hybridized carbons (Fsp3) is 0.111. The van der Waals surface area contributed by atoms with Crippen LogP contribution in [0.25, 0.3) is 11.0 Å². The van der Waals surface area contributed by atoms with Crippen LogP contribution in [0.5, 0.6) is 0 Å². The molecule has 1 aromatic heterocycles. The Balaban J connectivity index is 2.66. The molecule has 1 aromatic carbocycles. The maximum atomic E-state index is 13.4. The molecule has 2 rings (SSSR count). The number of aromatic nitrogens is 2. The minimum absolute atomic E-state index is 0.0785. The number of hydrogen-bond donors (Lipinski definition) is 1. The van der Waals surface area contributed by atoms with Gasteiger partial charge in [-0.05, 0) is 12.1 Å². The third kappa shape index (κ3) is 1.54. The van der Waals surface area contributed by atoms with Crippen LogP contribution in [0, 0.1) is 11.6 Å². The van der Waals surface area contributed by atoms with E-state index in [1.54, 1.807) is 0 Å². The molecule has 0 aliphatic rings. The van der Waals surface area contributed by atoms with Crippen LogP contribution in [0.2, 0.25) is 0 Å². The molecule has 0 aliphatic heterocycles. The van der Waals surface area contributed by atoms with Crippen molar-refractivity contribution in [1.29, 1.82) is 0 Å². The second kappa shape index (κ2) is 3.30. The zero-order chi connectivity index (χ0) is 11.0. The zero-order valence-corrected chi connectivity index (χ0v) is 7.79. The van der Waals surface area contributed by atoms with Crippen LogP contribution in [-0.4, -0.2) is 15.6 Å². The topological polar surface area (TPSA) is 46.9 Å². The normalized spacial score (nSPS) is 10.6. The molecule has 0 radical (unpaired) electrons. The summed E-state index contributed by atoms with van der Waals surface area (Å²) in [6.07, 6.45) is 1.22. The molecule has 1 amide bonds. The number of nitrogens with one attached hydrogen (secondary N) is 1. The molecule has 0 bridgehead atoms. The summed E-state index contributed by atoms with van der Waals surface area (Å²) >= 11 is 0. The lowest BCUT2D eigenvalue weighted by molar-refractivity contribution is -0.115. The summed E-state index contributed by atoms with van der Waals surface area (Å²) in [5.74, 6) is -2.40. The molecule has 0 saturated carbocycles. The molecule has 2 aromatic rings. The molecule has 6 heteroatoms. The smallest absolute Gasteiger partial charge is 0.235 e. The van der Waals surface area contributed by atoms with Gasteiger partial charge in [0, 0.05) is 6.92 Å². The van der Waals surface area contributed by atoms with Crippen molar-refractivity contribution in [2.45, 2.75) is 6.92 Å². The molecule has 4 nitrogen and oxygen atoms in total. The van der Waals surface area contributed by atoms with E-state index in [9.17, 15) is 13.6 Å². The number of carbonyl (C=O) groups excluding carboxylic acids is 1. The largest absolute Gasteiger partial charge is 0.274 e. The van der Waals surface area contributed by atoms with Gasteiger partial charge < -0.3 is 0 Å². The summed E-state index contributed by atoms with van der Waals surface area (Å²) in [5.41, 5.74) is 2.51. The van der Waals surface area contributed by atoms with Gasteiger partial charge in [-0.3, -0.25) is 10.2 Å². The van der Waals surface area contributed by atoms with Crippen molar-refractivity contribution in [3.8, 4) is 0 Å². The Morgan fingerprint density at radius 2 is 2.20 bits per heavy atom. The number of benzene rings is 1. The Morgan fingerprint density at radius 1 is 1.47 bits per heavy atom. The highest BCUT2D eigenvalue weighted by Crippen LogP contribution is 2.18. The Morgan fingerprint density at radius 3 is 2.87 bits per heavy atom. The lowest BCUT2D eigenvalue weighted by atomic mass is 10.3. The minimum atomic E-state index is -1.03. The van der Waals surface area contributed by atoms with Gasteiger partial charge in [-0.25, -0.2) is 18.4 Å². The van der Waals surface area contributed by atoms with Gasteiger partial charge >= 0.3 is 0 Å². The van der Waals surface area contributed by atoms with Gasteiger partial charge in [-0.2, -0.15) is 0 Å². The van der Waals surface area contributed by atoms with Gasteiger partial charge in [0.15, 0.2) is 11.6 Å². The summed E-state index contributed by atoms with van der Waals surface area (Å²) < 4.78 is 27.3. The van der Waals surface area contributed by atoms with Gasteiger partial charge in [0.05, 0.1) is 5.52 Å². The lowest BCUT2D eigenvalue weighted by Crippen LogP contribution is -2.19. The van der Waals surface area contributed by atoms with Crippen molar-refractivity contribution in [3.05, 3.63) is 30.1 Å². The van der Waals surface area contributed by atoms with Gasteiger partial charge in [0.2, 0.25) is 5.91 Å². The monoisotopic (exact) mass is 211 g/mol. The first-order chi connectivity index (χ1) is 7.09. The third-order valence-electron chi connectivity index (χ3n) is 1.88. The third-order valence-corrected chi connectivity index (χ3v) is 1.88. The molecular weight excluding hydrogens is 204 g/mol. The number of hydrogen-bond acceptors (Lipinski definition) is 2. The van der Waals surface area contributed by atoms with Gasteiger partial charge in [-0.1, -0.05) is 0 Å². The van der Waals surface area contributed by atoms with E-state index < -0.39 is 17.5 Å². The van der Waals surface area contributed by atoms with E-state index in [2.05, 4.69) is 10.4 Å². The minimum Gasteiger partial charge on any atom is -0.274 e. The van der Waals surface area contributed by atoms with Crippen molar-refractivity contribution in [1.82, 2.24) is 9.66 Å². The zero-order valence-electron chi connectivity index (χ0n) is 7.79. The van der Waals surface area contributed by atoms with Crippen molar-refractivity contribution in [3.63, 3.8) is 0 Å². The second-order valence-corrected chi connectivity index (χ2v) is 3.01. The molecule has 1 heterocycles. The maximum absolute atomic E-state index is 13.4. The molecular formula is C9H7F2N3O. The molecule has 0 saturated heterocycles. The molecule has 0 fully saturated rings. The fourth-order valence-corrected chi connectivity index (χ4v) is 1.30. The van der Waals surface area contributed by atoms with E-state index in [4.69, 9.17) is 0 Å². The second-order valence-electron chi connectivity index (χ2n) is 3.01. The standard InChI is InChI=1S/C9H7F2N3O/c1-5(15)13-14-4-12-7-3-2-6(10)8(11)9(7)14/h2-4H,1H3,(H,13,15). The first-order valence-corrected chi connectivity index (χ1v) is 4.18. The van der Waals surface area contributed by atoms with E-state index in [1.807, 2.05) is 0 Å². The van der Waals surface area contributed by atoms with Crippen molar-refractivity contribution < 1.29 is 13.6 Å². The Kier molecular flexibility index (Phi) is 2.11. The van der Waals surface area contributed by atoms with Gasteiger partial charge in [0.1, 0.15) is 11.8 Å². The summed E-state index contributed by atoms with van der Waals surface area (Å²) in [7, 11) is 0. The number of rotatable bonds is 1. The fourth-order valence-electron chi connectivity index (χ4n) is 1.30. The van der Waals surface area contributed by atoms with E-state index in [-0.39, 0.29) is 11.0 Å². The summed E-state index contributed by atoms with van der Waals surface area (Å²) in [6, 6.07) is 2.33. The van der Waals surface area contributed by atoms with E-state index >= 15 is 0 Å². The SMILES string of the molecule is CC(=O)Nn1cnc2ccc(F)c(F)c21. The van der Waals surface area contributed by atoms with E-state index in [1.165, 1.54) is 19.3 Å². The molecule has 15 heavy (non-hydrogen) atoms. The van der Waals surface area contributed by atoms with Crippen LogP contribution in [0.4, 0.5) is 8.78 Å². The molecule has 1 N–H and O–H groups in total. The number of carbonyl (C=O) groups is 1. The van der Waals surface area contributed by atoms with Crippen molar-refractivity contribution in [2.75, 3.05) is 5.43 Å². The van der Waals surface area contributed by atoms with Crippen LogP contribution >= 0.6 is 0 Å². The predicted molar refractivity (Wildman–Crippen MR) is 49.7 cm³/mol. The number of amides is 1. The Bertz CT molecular complexity index is 535. The lowest BCUT2D eigenvalue weighted by Gasteiger charge is -2.04. The van der Waals surface area contributed by atoms with Gasteiger partial charge in [0.25, 0.3) is 0 Å². The quantitative estimate of drug-likeness (QED) is 0.775. The number of imidazole rings is 1. The number of fused-ring (bicyclic) bond motifs is 1. The highest BCUT2D eigenvalue weighted by molar-refractivity contribution is 5.84. The van der Waals surface area contributed by atoms with E-state index in [0.717, 1.165) is 10.7 Å². The van der Waals surface area contributed by atoms with Crippen molar-refractivity contribution >= 4 is 16.9 Å². The summed E-state index contributed by atoms with van der Waals surface area (Å²) in [5, 5.41) is 0. The highest BCUT2D eigenvalue weighted by Gasteiger charge is 2.12. The summed E-state index contributed by atoms with van der Waals surface area (Å²) in [4.78, 5) is 14.6. The first kappa shape index (κ1) is 9.57. The molecule has 0 spiro atoms. The Labute approximate surface area is 83.5 Å². The van der Waals surface area contributed by atoms with Crippen molar-refractivity contribution in [2.24, 2.45) is 0 Å². The summed E-state index contributed by atoms with van der Waals surface area (Å²) in [6.45, 7) is 1.27. The van der Waals surface area contributed by atoms with Crippen LogP contribution in [0.3, 0.4) is 0 Å². The van der Waals surface area contributed by atoms with Crippen LogP contribution in [-0.2, 0) is 4.79 Å². The average Bonchev–Trinajstić information content (AvgIpc) is 2.55. The number of halogens is 2. The Hall–Kier alpha value is -1.98. The van der Waals surface area contributed by atoms with Crippen LogP contribution in [0.1, 0.15) is 6.92 Å². The molecule has 0 atom stereocenters. The molecule has 0 unspecified atom stereocenters. The predicted octanol–water partition coefficient (Wildman–Crippen LogP) is 1.40. The highest BCUT2D eigenvalue weighted by atomic mass is 19.2. The maximum Gasteiger partial charge on any atom is 0.235 e.